The van der Waals surface area contributed by atoms with Gasteiger partial charge in [-0.05, 0) is 19.4 Å². The van der Waals surface area contributed by atoms with Gasteiger partial charge in [0.2, 0.25) is 21.8 Å². The fourth-order valence-electron chi connectivity index (χ4n) is 1.91. The number of sulfonamides is 1. The second-order valence-corrected chi connectivity index (χ2v) is 7.85. The van der Waals surface area contributed by atoms with E-state index in [0.717, 1.165) is 27.6 Å². The van der Waals surface area contributed by atoms with Crippen LogP contribution in [0.2, 0.25) is 0 Å². The van der Waals surface area contributed by atoms with E-state index in [0.29, 0.717) is 6.54 Å². The van der Waals surface area contributed by atoms with Crippen LogP contribution in [0.1, 0.15) is 20.3 Å². The molecule has 0 fully saturated rings. The molecule has 0 aromatic carbocycles. The molecule has 0 bridgehead atoms. The molecule has 1 rings (SSSR count). The SMILES string of the molecule is CCCNC(=O)[C@@H](C)NC(=O)Cn1cc(S(=O)(=O)N(C)C)ccc1=O. The lowest BCUT2D eigenvalue weighted by Crippen LogP contribution is -2.46. The van der Waals surface area contributed by atoms with Crippen LogP contribution >= 0.6 is 0 Å². The second-order valence-electron chi connectivity index (χ2n) is 5.70. The van der Waals surface area contributed by atoms with Gasteiger partial charge in [-0.3, -0.25) is 14.4 Å². The Balaban J connectivity index is 2.87. The molecule has 10 heteroatoms. The van der Waals surface area contributed by atoms with Gasteiger partial charge in [0, 0.05) is 32.9 Å². The molecule has 9 nitrogen and oxygen atoms in total. The third kappa shape index (κ3) is 5.68. The van der Waals surface area contributed by atoms with Crippen LogP contribution in [-0.4, -0.2) is 55.8 Å². The Morgan fingerprint density at radius 2 is 1.92 bits per heavy atom. The molecule has 1 atom stereocenters. The number of rotatable bonds is 8. The Bertz CT molecular complexity index is 785. The predicted molar refractivity (Wildman–Crippen MR) is 92.5 cm³/mol. The van der Waals surface area contributed by atoms with Crippen LogP contribution in [0.5, 0.6) is 0 Å². The highest BCUT2D eigenvalue weighted by Gasteiger charge is 2.19. The monoisotopic (exact) mass is 372 g/mol. The molecule has 140 valence electrons. The van der Waals surface area contributed by atoms with Crippen molar-refractivity contribution in [2.45, 2.75) is 37.8 Å². The summed E-state index contributed by atoms with van der Waals surface area (Å²) in [6, 6.07) is 1.51. The molecule has 0 aliphatic rings. The second kappa shape index (κ2) is 8.77. The maximum Gasteiger partial charge on any atom is 0.251 e. The van der Waals surface area contributed by atoms with Crippen molar-refractivity contribution in [1.82, 2.24) is 19.5 Å². The zero-order valence-electron chi connectivity index (χ0n) is 14.8. The van der Waals surface area contributed by atoms with E-state index < -0.39 is 27.5 Å². The molecule has 25 heavy (non-hydrogen) atoms. The number of hydrogen-bond acceptors (Lipinski definition) is 5. The summed E-state index contributed by atoms with van der Waals surface area (Å²) in [5.74, 6) is -0.896. The highest BCUT2D eigenvalue weighted by atomic mass is 32.2. The van der Waals surface area contributed by atoms with Gasteiger partial charge >= 0.3 is 0 Å². The van der Waals surface area contributed by atoms with Crippen molar-refractivity contribution in [3.63, 3.8) is 0 Å². The van der Waals surface area contributed by atoms with Crippen molar-refractivity contribution in [3.8, 4) is 0 Å². The van der Waals surface area contributed by atoms with Crippen LogP contribution in [-0.2, 0) is 26.2 Å². The zero-order valence-corrected chi connectivity index (χ0v) is 15.6. The van der Waals surface area contributed by atoms with Crippen LogP contribution in [0.25, 0.3) is 0 Å². The fourth-order valence-corrected chi connectivity index (χ4v) is 2.83. The summed E-state index contributed by atoms with van der Waals surface area (Å²) < 4.78 is 26.2. The maximum atomic E-state index is 12.1. The van der Waals surface area contributed by atoms with Crippen molar-refractivity contribution in [2.75, 3.05) is 20.6 Å². The molecule has 0 radical (unpaired) electrons. The Hall–Kier alpha value is -2.20. The van der Waals surface area contributed by atoms with E-state index in [-0.39, 0.29) is 17.3 Å². The summed E-state index contributed by atoms with van der Waals surface area (Å²) in [6.45, 7) is 3.55. The van der Waals surface area contributed by atoms with Gasteiger partial charge in [0.1, 0.15) is 12.6 Å². The number of pyridine rings is 1. The van der Waals surface area contributed by atoms with E-state index in [9.17, 15) is 22.8 Å². The quantitative estimate of drug-likeness (QED) is 0.615. The van der Waals surface area contributed by atoms with Gasteiger partial charge < -0.3 is 15.2 Å². The first-order valence-electron chi connectivity index (χ1n) is 7.79. The molecule has 1 aromatic rings. The highest BCUT2D eigenvalue weighted by molar-refractivity contribution is 7.89. The summed E-state index contributed by atoms with van der Waals surface area (Å²) in [5, 5.41) is 5.12. The maximum absolute atomic E-state index is 12.1. The minimum Gasteiger partial charge on any atom is -0.354 e. The van der Waals surface area contributed by atoms with Crippen LogP contribution in [0, 0.1) is 0 Å². The Kier molecular flexibility index (Phi) is 7.31. The first-order valence-corrected chi connectivity index (χ1v) is 9.23. The lowest BCUT2D eigenvalue weighted by molar-refractivity contribution is -0.128. The topological polar surface area (TPSA) is 118 Å². The molecule has 2 N–H and O–H groups in total. The van der Waals surface area contributed by atoms with Gasteiger partial charge in [-0.2, -0.15) is 0 Å². The lowest BCUT2D eigenvalue weighted by atomic mass is 10.3. The number of hydrogen-bond donors (Lipinski definition) is 2. The lowest BCUT2D eigenvalue weighted by Gasteiger charge is -2.15. The van der Waals surface area contributed by atoms with E-state index in [1.54, 1.807) is 0 Å². The number of nitrogens with one attached hydrogen (secondary N) is 2. The van der Waals surface area contributed by atoms with E-state index in [2.05, 4.69) is 10.6 Å². The first-order chi connectivity index (χ1) is 11.6. The van der Waals surface area contributed by atoms with Gasteiger partial charge in [-0.15, -0.1) is 0 Å². The van der Waals surface area contributed by atoms with Gasteiger partial charge in [-0.25, -0.2) is 12.7 Å². The minimum atomic E-state index is -3.72. The number of carbonyl (C=O) groups is 2. The molecule has 0 unspecified atom stereocenters. The third-order valence-corrected chi connectivity index (χ3v) is 5.17. The van der Waals surface area contributed by atoms with Crippen LogP contribution in [0.4, 0.5) is 0 Å². The number of carbonyl (C=O) groups excluding carboxylic acids is 2. The van der Waals surface area contributed by atoms with Crippen molar-refractivity contribution in [3.05, 3.63) is 28.7 Å². The molecule has 0 saturated carbocycles. The molecule has 1 heterocycles. The average molecular weight is 372 g/mol. The predicted octanol–water partition coefficient (Wildman–Crippen LogP) is -0.870. The number of amides is 2. The van der Waals surface area contributed by atoms with Crippen molar-refractivity contribution in [1.29, 1.82) is 0 Å². The standard InChI is InChI=1S/C15H24N4O5S/c1-5-8-16-15(22)11(2)17-13(20)10-19-9-12(6-7-14(19)21)25(23,24)18(3)4/h6-7,9,11H,5,8,10H2,1-4H3,(H,16,22)(H,17,20)/t11-/m1/s1. The number of aromatic nitrogens is 1. The Morgan fingerprint density at radius 1 is 1.28 bits per heavy atom. The smallest absolute Gasteiger partial charge is 0.251 e. The first kappa shape index (κ1) is 20.8. The van der Waals surface area contributed by atoms with Crippen molar-refractivity contribution in [2.24, 2.45) is 0 Å². The zero-order chi connectivity index (χ0) is 19.2. The molecular weight excluding hydrogens is 348 g/mol. The molecule has 1 aromatic heterocycles. The van der Waals surface area contributed by atoms with E-state index in [4.69, 9.17) is 0 Å². The molecule has 0 saturated heterocycles. The molecule has 0 aliphatic heterocycles. The molecule has 2 amide bonds. The summed E-state index contributed by atoms with van der Waals surface area (Å²) in [7, 11) is -0.983. The van der Waals surface area contributed by atoms with E-state index in [1.807, 2.05) is 6.92 Å². The fraction of sp³-hybridized carbons (Fsp3) is 0.533. The van der Waals surface area contributed by atoms with E-state index in [1.165, 1.54) is 27.1 Å². The van der Waals surface area contributed by atoms with Crippen LogP contribution in [0.15, 0.2) is 28.0 Å². The summed E-state index contributed by atoms with van der Waals surface area (Å²) in [4.78, 5) is 35.5. The minimum absolute atomic E-state index is 0.0985. The van der Waals surface area contributed by atoms with Gasteiger partial charge in [0.15, 0.2) is 0 Å². The summed E-state index contributed by atoms with van der Waals surface area (Å²) in [6.07, 6.45) is 1.88. The third-order valence-electron chi connectivity index (χ3n) is 3.37. The van der Waals surface area contributed by atoms with Gasteiger partial charge in [-0.1, -0.05) is 6.92 Å². The van der Waals surface area contributed by atoms with Crippen LogP contribution < -0.4 is 16.2 Å². The Labute approximate surface area is 147 Å². The van der Waals surface area contributed by atoms with Gasteiger partial charge in [0.05, 0.1) is 4.90 Å². The van der Waals surface area contributed by atoms with Gasteiger partial charge in [0.25, 0.3) is 5.56 Å². The normalized spacial score (nSPS) is 12.7. The van der Waals surface area contributed by atoms with Crippen molar-refractivity contribution < 1.29 is 18.0 Å². The van der Waals surface area contributed by atoms with E-state index >= 15 is 0 Å². The van der Waals surface area contributed by atoms with Crippen LogP contribution in [0.3, 0.4) is 0 Å². The number of nitrogens with zero attached hydrogens (tertiary/aromatic N) is 2. The van der Waals surface area contributed by atoms with Crippen molar-refractivity contribution >= 4 is 21.8 Å². The average Bonchev–Trinajstić information content (AvgIpc) is 2.54. The molecule has 0 aliphatic carbocycles. The largest absolute Gasteiger partial charge is 0.354 e. The summed E-state index contributed by atoms with van der Waals surface area (Å²) >= 11 is 0. The molecule has 0 spiro atoms. The summed E-state index contributed by atoms with van der Waals surface area (Å²) in [5.41, 5.74) is -0.518. The molecular formula is C15H24N4O5S. The Morgan fingerprint density at radius 3 is 2.48 bits per heavy atom. The highest BCUT2D eigenvalue weighted by Crippen LogP contribution is 2.10.